The lowest BCUT2D eigenvalue weighted by atomic mass is 10.3. The van der Waals surface area contributed by atoms with Crippen LogP contribution in [0.15, 0.2) is 24.3 Å². The van der Waals surface area contributed by atoms with Crippen molar-refractivity contribution in [3.05, 3.63) is 24.3 Å². The Morgan fingerprint density at radius 3 is 2.85 bits per heavy atom. The highest BCUT2D eigenvalue weighted by atomic mass is 16.5. The number of fused-ring (bicyclic) bond motifs is 1. The molecule has 1 aliphatic heterocycles. The van der Waals surface area contributed by atoms with Crippen LogP contribution < -0.4 is 10.1 Å². The van der Waals surface area contributed by atoms with Gasteiger partial charge in [0.15, 0.2) is 5.75 Å². The Labute approximate surface area is 74.5 Å². The van der Waals surface area contributed by atoms with Gasteiger partial charge in [-0.25, -0.2) is 0 Å². The molecule has 1 heterocycles. The number of carbonyl (C=O) groups excluding carboxylic acids is 2. The first-order valence-electron chi connectivity index (χ1n) is 3.85. The molecule has 0 radical (unpaired) electrons. The number of anilines is 1. The van der Waals surface area contributed by atoms with E-state index in [9.17, 15) is 9.59 Å². The van der Waals surface area contributed by atoms with Crippen LogP contribution in [-0.2, 0) is 9.59 Å². The highest BCUT2D eigenvalue weighted by Gasteiger charge is 2.19. The lowest BCUT2D eigenvalue weighted by Crippen LogP contribution is -2.14. The van der Waals surface area contributed by atoms with Crippen LogP contribution in [-0.4, -0.2) is 11.9 Å². The van der Waals surface area contributed by atoms with Crippen molar-refractivity contribution in [2.45, 2.75) is 6.42 Å². The number of hydrogen-bond donors (Lipinski definition) is 1. The van der Waals surface area contributed by atoms with E-state index < -0.39 is 5.97 Å². The van der Waals surface area contributed by atoms with Crippen molar-refractivity contribution in [2.75, 3.05) is 5.32 Å². The maximum Gasteiger partial charge on any atom is 0.320 e. The third kappa shape index (κ3) is 1.51. The Morgan fingerprint density at radius 1 is 1.23 bits per heavy atom. The molecule has 66 valence electrons. The summed E-state index contributed by atoms with van der Waals surface area (Å²) in [5.74, 6) is -0.462. The number of para-hydroxylation sites is 2. The summed E-state index contributed by atoms with van der Waals surface area (Å²) in [7, 11) is 0. The van der Waals surface area contributed by atoms with Gasteiger partial charge in [-0.3, -0.25) is 9.59 Å². The number of nitrogens with one attached hydrogen (secondary N) is 1. The largest absolute Gasteiger partial charge is 0.424 e. The van der Waals surface area contributed by atoms with Gasteiger partial charge in [-0.05, 0) is 12.1 Å². The van der Waals surface area contributed by atoms with Gasteiger partial charge in [0.25, 0.3) is 0 Å². The third-order valence-corrected chi connectivity index (χ3v) is 1.69. The molecule has 0 aliphatic carbocycles. The molecule has 1 aliphatic rings. The molecule has 0 saturated carbocycles. The molecule has 1 aromatic rings. The number of amides is 1. The zero-order valence-electron chi connectivity index (χ0n) is 6.74. The van der Waals surface area contributed by atoms with E-state index in [1.807, 2.05) is 0 Å². The van der Waals surface area contributed by atoms with Crippen LogP contribution in [0, 0.1) is 0 Å². The minimum Gasteiger partial charge on any atom is -0.424 e. The number of hydrogen-bond acceptors (Lipinski definition) is 3. The molecule has 4 heteroatoms. The van der Waals surface area contributed by atoms with E-state index in [1.165, 1.54) is 0 Å². The minimum absolute atomic E-state index is 0.228. The molecule has 1 amide bonds. The van der Waals surface area contributed by atoms with E-state index in [2.05, 4.69) is 5.32 Å². The van der Waals surface area contributed by atoms with Gasteiger partial charge in [-0.2, -0.15) is 0 Å². The summed E-state index contributed by atoms with van der Waals surface area (Å²) < 4.78 is 4.90. The summed E-state index contributed by atoms with van der Waals surface area (Å²) >= 11 is 0. The Morgan fingerprint density at radius 2 is 2.00 bits per heavy atom. The Bertz CT molecular complexity index is 338. The van der Waals surface area contributed by atoms with Gasteiger partial charge in [0.1, 0.15) is 6.42 Å². The number of rotatable bonds is 0. The number of ether oxygens (including phenoxy) is 1. The van der Waals surface area contributed by atoms with Crippen LogP contribution in [0.1, 0.15) is 6.42 Å². The van der Waals surface area contributed by atoms with Gasteiger partial charge in [0.05, 0.1) is 5.69 Å². The number of benzene rings is 1. The SMILES string of the molecule is O=C1CC(=O)Oc2ccccc2N1. The summed E-state index contributed by atoms with van der Waals surface area (Å²) in [5.41, 5.74) is 0.540. The Hall–Kier alpha value is -1.84. The fraction of sp³-hybridized carbons (Fsp3) is 0.111. The second-order valence-electron chi connectivity index (χ2n) is 2.70. The summed E-state index contributed by atoms with van der Waals surface area (Å²) in [4.78, 5) is 22.0. The van der Waals surface area contributed by atoms with E-state index >= 15 is 0 Å². The van der Waals surface area contributed by atoms with Crippen molar-refractivity contribution in [1.29, 1.82) is 0 Å². The molecule has 2 rings (SSSR count). The van der Waals surface area contributed by atoms with Crippen LogP contribution in [0.4, 0.5) is 5.69 Å². The average molecular weight is 177 g/mol. The monoisotopic (exact) mass is 177 g/mol. The fourth-order valence-electron chi connectivity index (χ4n) is 1.14. The minimum atomic E-state index is -0.526. The van der Waals surface area contributed by atoms with Crippen molar-refractivity contribution < 1.29 is 14.3 Å². The van der Waals surface area contributed by atoms with Crippen molar-refractivity contribution in [3.63, 3.8) is 0 Å². The maximum atomic E-state index is 11.0. The summed E-state index contributed by atoms with van der Waals surface area (Å²) in [6.07, 6.45) is -0.228. The first-order chi connectivity index (χ1) is 6.25. The first kappa shape index (κ1) is 7.79. The zero-order valence-corrected chi connectivity index (χ0v) is 6.74. The normalized spacial score (nSPS) is 15.4. The lowest BCUT2D eigenvalue weighted by molar-refractivity contribution is -0.136. The summed E-state index contributed by atoms with van der Waals surface area (Å²) in [6.45, 7) is 0. The van der Waals surface area contributed by atoms with E-state index in [0.29, 0.717) is 11.4 Å². The zero-order chi connectivity index (χ0) is 9.26. The molecule has 0 unspecified atom stereocenters. The van der Waals surface area contributed by atoms with Crippen molar-refractivity contribution >= 4 is 17.6 Å². The highest BCUT2D eigenvalue weighted by Crippen LogP contribution is 2.26. The van der Waals surface area contributed by atoms with E-state index in [4.69, 9.17) is 4.74 Å². The summed E-state index contributed by atoms with van der Waals surface area (Å²) in [6, 6.07) is 6.83. The molecule has 0 spiro atoms. The molecule has 4 nitrogen and oxygen atoms in total. The van der Waals surface area contributed by atoms with E-state index in [0.717, 1.165) is 0 Å². The maximum absolute atomic E-state index is 11.0. The van der Waals surface area contributed by atoms with Gasteiger partial charge < -0.3 is 10.1 Å². The third-order valence-electron chi connectivity index (χ3n) is 1.69. The van der Waals surface area contributed by atoms with Crippen molar-refractivity contribution in [1.82, 2.24) is 0 Å². The van der Waals surface area contributed by atoms with Crippen LogP contribution in [0.5, 0.6) is 5.75 Å². The highest BCUT2D eigenvalue weighted by molar-refractivity contribution is 6.05. The summed E-state index contributed by atoms with van der Waals surface area (Å²) in [5, 5.41) is 2.57. The second kappa shape index (κ2) is 2.90. The van der Waals surface area contributed by atoms with Gasteiger partial charge in [0, 0.05) is 0 Å². The predicted molar refractivity (Wildman–Crippen MR) is 45.3 cm³/mol. The molecule has 13 heavy (non-hydrogen) atoms. The molecule has 0 bridgehead atoms. The molecule has 0 saturated heterocycles. The van der Waals surface area contributed by atoms with Gasteiger partial charge >= 0.3 is 5.97 Å². The smallest absolute Gasteiger partial charge is 0.320 e. The number of carbonyl (C=O) groups is 2. The standard InChI is InChI=1S/C9H7NO3/c11-8-5-9(12)13-7-4-2-1-3-6(7)10-8/h1-4H,5H2,(H,10,11). The molecule has 0 fully saturated rings. The van der Waals surface area contributed by atoms with Crippen LogP contribution in [0.3, 0.4) is 0 Å². The van der Waals surface area contributed by atoms with E-state index in [1.54, 1.807) is 24.3 Å². The Balaban J connectivity index is 2.43. The van der Waals surface area contributed by atoms with Crippen LogP contribution in [0.2, 0.25) is 0 Å². The van der Waals surface area contributed by atoms with Crippen LogP contribution >= 0.6 is 0 Å². The molecular formula is C9H7NO3. The van der Waals surface area contributed by atoms with Gasteiger partial charge in [-0.1, -0.05) is 12.1 Å². The van der Waals surface area contributed by atoms with Crippen molar-refractivity contribution in [3.8, 4) is 5.75 Å². The molecule has 1 aromatic carbocycles. The predicted octanol–water partition coefficient (Wildman–Crippen LogP) is 0.934. The topological polar surface area (TPSA) is 55.4 Å². The molecular weight excluding hydrogens is 170 g/mol. The lowest BCUT2D eigenvalue weighted by Gasteiger charge is -2.03. The first-order valence-corrected chi connectivity index (χ1v) is 3.85. The van der Waals surface area contributed by atoms with E-state index in [-0.39, 0.29) is 12.3 Å². The average Bonchev–Trinajstić information content (AvgIpc) is 2.20. The molecule has 1 N–H and O–H groups in total. The Kier molecular flexibility index (Phi) is 1.73. The quantitative estimate of drug-likeness (QED) is 0.364. The fourth-order valence-corrected chi connectivity index (χ4v) is 1.14. The van der Waals surface area contributed by atoms with Crippen molar-refractivity contribution in [2.24, 2.45) is 0 Å². The number of esters is 1. The van der Waals surface area contributed by atoms with Gasteiger partial charge in [0.2, 0.25) is 5.91 Å². The second-order valence-corrected chi connectivity index (χ2v) is 2.70. The molecule has 0 atom stereocenters. The van der Waals surface area contributed by atoms with Crippen LogP contribution in [0.25, 0.3) is 0 Å². The molecule has 0 aromatic heterocycles. The van der Waals surface area contributed by atoms with Gasteiger partial charge in [-0.15, -0.1) is 0 Å².